The van der Waals surface area contributed by atoms with Gasteiger partial charge in [-0.05, 0) is 50.1 Å². The second-order valence-corrected chi connectivity index (χ2v) is 5.64. The molecular weight excluding hydrogens is 290 g/mol. The first-order chi connectivity index (χ1) is 10.9. The normalized spacial score (nSPS) is 10.2. The maximum absolute atomic E-state index is 12.6. The summed E-state index contributed by atoms with van der Waals surface area (Å²) in [5.74, 6) is -0.686. The lowest BCUT2D eigenvalue weighted by molar-refractivity contribution is -0.124. The summed E-state index contributed by atoms with van der Waals surface area (Å²) in [7, 11) is 0. The number of hydrogen-bond acceptors (Lipinski definition) is 3. The summed E-state index contributed by atoms with van der Waals surface area (Å²) in [6.07, 6.45) is -0.171. The molecule has 4 nitrogen and oxygen atoms in total. The largest absolute Gasteiger partial charge is 0.326 e. The SMILES string of the molecule is CC(=O)CC(=O)Nc1cccc(C(=O)c2ccc(C)c(C)c2)c1. The van der Waals surface area contributed by atoms with Gasteiger partial charge in [-0.3, -0.25) is 14.4 Å². The highest BCUT2D eigenvalue weighted by Gasteiger charge is 2.12. The summed E-state index contributed by atoms with van der Waals surface area (Å²) in [5, 5.41) is 2.63. The lowest BCUT2D eigenvalue weighted by Crippen LogP contribution is -2.15. The Bertz CT molecular complexity index is 778. The number of benzene rings is 2. The van der Waals surface area contributed by atoms with Crippen LogP contribution in [-0.2, 0) is 9.59 Å². The van der Waals surface area contributed by atoms with Crippen molar-refractivity contribution in [1.29, 1.82) is 0 Å². The Kier molecular flexibility index (Phi) is 5.06. The molecule has 0 unspecified atom stereocenters. The molecule has 0 aromatic heterocycles. The number of Topliss-reactive ketones (excluding diaryl/α,β-unsaturated/α-hetero) is 1. The van der Waals surface area contributed by atoms with E-state index in [9.17, 15) is 14.4 Å². The van der Waals surface area contributed by atoms with Crippen molar-refractivity contribution in [2.24, 2.45) is 0 Å². The highest BCUT2D eigenvalue weighted by atomic mass is 16.2. The third-order valence-corrected chi connectivity index (χ3v) is 3.59. The van der Waals surface area contributed by atoms with Crippen LogP contribution in [0, 0.1) is 13.8 Å². The highest BCUT2D eigenvalue weighted by Crippen LogP contribution is 2.17. The molecule has 23 heavy (non-hydrogen) atoms. The van der Waals surface area contributed by atoms with E-state index >= 15 is 0 Å². The Balaban J connectivity index is 2.21. The molecule has 0 saturated carbocycles. The van der Waals surface area contributed by atoms with Crippen molar-refractivity contribution in [2.45, 2.75) is 27.2 Å². The number of carbonyl (C=O) groups excluding carboxylic acids is 3. The maximum Gasteiger partial charge on any atom is 0.231 e. The van der Waals surface area contributed by atoms with Crippen LogP contribution in [-0.4, -0.2) is 17.5 Å². The first-order valence-corrected chi connectivity index (χ1v) is 7.38. The zero-order valence-electron chi connectivity index (χ0n) is 13.5. The van der Waals surface area contributed by atoms with Crippen LogP contribution in [0.2, 0.25) is 0 Å². The van der Waals surface area contributed by atoms with E-state index in [2.05, 4.69) is 5.32 Å². The predicted octanol–water partition coefficient (Wildman–Crippen LogP) is 3.45. The molecule has 0 spiro atoms. The van der Waals surface area contributed by atoms with Crippen LogP contribution in [0.3, 0.4) is 0 Å². The van der Waals surface area contributed by atoms with Gasteiger partial charge in [0.2, 0.25) is 5.91 Å². The molecule has 0 aliphatic rings. The highest BCUT2D eigenvalue weighted by molar-refractivity contribution is 6.10. The van der Waals surface area contributed by atoms with Gasteiger partial charge in [0.15, 0.2) is 5.78 Å². The zero-order chi connectivity index (χ0) is 17.0. The number of ketones is 2. The van der Waals surface area contributed by atoms with E-state index in [-0.39, 0.29) is 23.9 Å². The summed E-state index contributed by atoms with van der Waals surface area (Å²) in [5.41, 5.74) is 3.80. The number of amides is 1. The molecule has 0 radical (unpaired) electrons. The van der Waals surface area contributed by atoms with Crippen LogP contribution >= 0.6 is 0 Å². The van der Waals surface area contributed by atoms with Crippen molar-refractivity contribution in [3.8, 4) is 0 Å². The van der Waals surface area contributed by atoms with Gasteiger partial charge >= 0.3 is 0 Å². The molecule has 0 heterocycles. The lowest BCUT2D eigenvalue weighted by Gasteiger charge is -2.08. The average molecular weight is 309 g/mol. The van der Waals surface area contributed by atoms with Crippen LogP contribution < -0.4 is 5.32 Å². The molecule has 2 aromatic carbocycles. The molecule has 0 saturated heterocycles. The van der Waals surface area contributed by atoms with E-state index < -0.39 is 0 Å². The number of aryl methyl sites for hydroxylation is 2. The summed E-state index contributed by atoms with van der Waals surface area (Å²) >= 11 is 0. The molecule has 0 bridgehead atoms. The van der Waals surface area contributed by atoms with Gasteiger partial charge in [0.25, 0.3) is 0 Å². The van der Waals surface area contributed by atoms with E-state index in [1.165, 1.54) is 6.92 Å². The van der Waals surface area contributed by atoms with Crippen molar-refractivity contribution in [3.05, 3.63) is 64.7 Å². The standard InChI is InChI=1S/C19H19NO3/c1-12-7-8-16(9-13(12)2)19(23)15-5-4-6-17(11-15)20-18(22)10-14(3)21/h4-9,11H,10H2,1-3H3,(H,20,22). The number of anilines is 1. The number of hydrogen-bond donors (Lipinski definition) is 1. The van der Waals surface area contributed by atoms with E-state index in [0.717, 1.165) is 11.1 Å². The van der Waals surface area contributed by atoms with Gasteiger partial charge in [0, 0.05) is 16.8 Å². The Morgan fingerprint density at radius 3 is 2.26 bits per heavy atom. The lowest BCUT2D eigenvalue weighted by atomic mass is 9.99. The molecule has 1 N–H and O–H groups in total. The topological polar surface area (TPSA) is 63.2 Å². The molecule has 0 aliphatic carbocycles. The minimum absolute atomic E-state index is 0.101. The number of nitrogens with one attached hydrogen (secondary N) is 1. The molecule has 4 heteroatoms. The smallest absolute Gasteiger partial charge is 0.231 e. The van der Waals surface area contributed by atoms with Gasteiger partial charge in [-0.25, -0.2) is 0 Å². The van der Waals surface area contributed by atoms with Crippen molar-refractivity contribution in [2.75, 3.05) is 5.32 Å². The molecular formula is C19H19NO3. The van der Waals surface area contributed by atoms with Gasteiger partial charge in [-0.2, -0.15) is 0 Å². The van der Waals surface area contributed by atoms with Crippen LogP contribution in [0.1, 0.15) is 40.4 Å². The summed E-state index contributed by atoms with van der Waals surface area (Å²) in [6.45, 7) is 5.32. The molecule has 0 fully saturated rings. The van der Waals surface area contributed by atoms with Crippen molar-refractivity contribution in [3.63, 3.8) is 0 Å². The first kappa shape index (κ1) is 16.6. The van der Waals surface area contributed by atoms with Gasteiger partial charge in [0.05, 0.1) is 6.42 Å². The van der Waals surface area contributed by atoms with Gasteiger partial charge < -0.3 is 5.32 Å². The third-order valence-electron chi connectivity index (χ3n) is 3.59. The molecule has 2 rings (SSSR count). The number of carbonyl (C=O) groups is 3. The van der Waals surface area contributed by atoms with Crippen molar-refractivity contribution < 1.29 is 14.4 Å². The molecule has 1 amide bonds. The summed E-state index contributed by atoms with van der Waals surface area (Å²) in [6, 6.07) is 12.3. The summed E-state index contributed by atoms with van der Waals surface area (Å²) in [4.78, 5) is 35.1. The summed E-state index contributed by atoms with van der Waals surface area (Å²) < 4.78 is 0. The Hall–Kier alpha value is -2.75. The van der Waals surface area contributed by atoms with Gasteiger partial charge in [-0.1, -0.05) is 24.3 Å². The zero-order valence-corrected chi connectivity index (χ0v) is 13.5. The quantitative estimate of drug-likeness (QED) is 0.679. The monoisotopic (exact) mass is 309 g/mol. The van der Waals surface area contributed by atoms with E-state index in [1.807, 2.05) is 26.0 Å². The Morgan fingerprint density at radius 2 is 1.61 bits per heavy atom. The van der Waals surface area contributed by atoms with E-state index in [0.29, 0.717) is 16.8 Å². The second kappa shape index (κ2) is 7.01. The minimum Gasteiger partial charge on any atom is -0.326 e. The Morgan fingerprint density at radius 1 is 0.913 bits per heavy atom. The minimum atomic E-state index is -0.381. The fourth-order valence-electron chi connectivity index (χ4n) is 2.22. The van der Waals surface area contributed by atoms with Crippen LogP contribution in [0.4, 0.5) is 5.69 Å². The fourth-order valence-corrected chi connectivity index (χ4v) is 2.22. The third kappa shape index (κ3) is 4.36. The van der Waals surface area contributed by atoms with Gasteiger partial charge in [0.1, 0.15) is 5.78 Å². The van der Waals surface area contributed by atoms with Crippen LogP contribution in [0.5, 0.6) is 0 Å². The molecule has 118 valence electrons. The molecule has 2 aromatic rings. The van der Waals surface area contributed by atoms with Crippen LogP contribution in [0.15, 0.2) is 42.5 Å². The average Bonchev–Trinajstić information content (AvgIpc) is 2.48. The first-order valence-electron chi connectivity index (χ1n) is 7.38. The predicted molar refractivity (Wildman–Crippen MR) is 89.7 cm³/mol. The second-order valence-electron chi connectivity index (χ2n) is 5.64. The van der Waals surface area contributed by atoms with E-state index in [1.54, 1.807) is 30.3 Å². The molecule has 0 atom stereocenters. The maximum atomic E-state index is 12.6. The van der Waals surface area contributed by atoms with Crippen molar-refractivity contribution in [1.82, 2.24) is 0 Å². The fraction of sp³-hybridized carbons (Fsp3) is 0.211. The van der Waals surface area contributed by atoms with Crippen LogP contribution in [0.25, 0.3) is 0 Å². The van der Waals surface area contributed by atoms with Gasteiger partial charge in [-0.15, -0.1) is 0 Å². The number of rotatable bonds is 5. The Labute approximate surface area is 135 Å². The van der Waals surface area contributed by atoms with E-state index in [4.69, 9.17) is 0 Å². The van der Waals surface area contributed by atoms with Crippen molar-refractivity contribution >= 4 is 23.2 Å². The molecule has 0 aliphatic heterocycles.